The summed E-state index contributed by atoms with van der Waals surface area (Å²) in [5.74, 6) is 0. The molecule has 0 atom stereocenters. The molecule has 0 aromatic heterocycles. The van der Waals surface area contributed by atoms with Gasteiger partial charge in [0.25, 0.3) is 0 Å². The SMILES string of the molecule is CN(C)S(=O)(=O)c1cc[c]([Mg][Br])cc1. The third kappa shape index (κ3) is 2.70. The van der Waals surface area contributed by atoms with Gasteiger partial charge < -0.3 is 0 Å². The standard InChI is InChI=1S/C8H10NO2S.BrH.Mg/c1-9(2)12(10,11)8-6-4-3-5-7-8;;/h4-7H,1-2H3;1H;/q;;+1/p-1. The summed E-state index contributed by atoms with van der Waals surface area (Å²) in [5.41, 5.74) is 0. The Hall–Kier alpha value is 0.376. The summed E-state index contributed by atoms with van der Waals surface area (Å²) in [4.78, 5) is 0.348. The molecule has 0 N–H and O–H groups in total. The topological polar surface area (TPSA) is 37.4 Å². The molecule has 0 radical (unpaired) electrons. The molecule has 6 heteroatoms. The highest BCUT2D eigenvalue weighted by atomic mass is 79.9. The second kappa shape index (κ2) is 4.93. The van der Waals surface area contributed by atoms with Gasteiger partial charge in [-0.1, -0.05) is 12.1 Å². The van der Waals surface area contributed by atoms with Crippen molar-refractivity contribution in [2.75, 3.05) is 14.1 Å². The molecular weight excluding hydrogens is 278 g/mol. The van der Waals surface area contributed by atoms with Crippen molar-refractivity contribution < 1.29 is 8.42 Å². The first-order valence-corrected chi connectivity index (χ1v) is 10.1. The van der Waals surface area contributed by atoms with E-state index in [4.69, 9.17) is 0 Å². The number of sulfonamides is 1. The number of rotatable bonds is 3. The number of hydrogen-bond acceptors (Lipinski definition) is 2. The first-order chi connectivity index (χ1) is 6.48. The zero-order valence-electron chi connectivity index (χ0n) is 8.07. The van der Waals surface area contributed by atoms with Crippen molar-refractivity contribution >= 4 is 44.8 Å². The Morgan fingerprint density at radius 1 is 1.21 bits per heavy atom. The number of nitrogens with zero attached hydrogens (tertiary/aromatic N) is 1. The first kappa shape index (κ1) is 12.4. The van der Waals surface area contributed by atoms with E-state index in [1.807, 2.05) is 12.1 Å². The van der Waals surface area contributed by atoms with E-state index in [2.05, 4.69) is 12.9 Å². The fourth-order valence-electron chi connectivity index (χ4n) is 0.961. The number of halogens is 1. The molecule has 0 saturated carbocycles. The lowest BCUT2D eigenvalue weighted by Crippen LogP contribution is -2.22. The van der Waals surface area contributed by atoms with Gasteiger partial charge in [0.1, 0.15) is 0 Å². The van der Waals surface area contributed by atoms with Gasteiger partial charge >= 0.3 is 18.2 Å². The highest BCUT2D eigenvalue weighted by Crippen LogP contribution is 2.10. The van der Waals surface area contributed by atoms with Crippen molar-refractivity contribution in [3.63, 3.8) is 0 Å². The molecule has 0 aliphatic heterocycles. The normalized spacial score (nSPS) is 11.4. The molecule has 0 saturated heterocycles. The highest BCUT2D eigenvalue weighted by molar-refractivity contribution is 9.23. The van der Waals surface area contributed by atoms with Crippen molar-refractivity contribution in [1.82, 2.24) is 4.31 Å². The van der Waals surface area contributed by atoms with E-state index in [9.17, 15) is 8.42 Å². The molecule has 1 aromatic rings. The first-order valence-electron chi connectivity index (χ1n) is 4.06. The van der Waals surface area contributed by atoms with Crippen LogP contribution in [0.5, 0.6) is 0 Å². The molecular formula is C8H10BrMgNO2S. The second-order valence-electron chi connectivity index (χ2n) is 3.07. The zero-order chi connectivity index (χ0) is 10.8. The van der Waals surface area contributed by atoms with Gasteiger partial charge in [-0.05, 0) is 12.1 Å². The molecule has 0 unspecified atom stereocenters. The maximum Gasteiger partial charge on any atom is 0.506 e. The predicted molar refractivity (Wildman–Crippen MR) is 61.6 cm³/mol. The molecule has 0 fully saturated rings. The minimum absolute atomic E-state index is 0.348. The fourth-order valence-corrected chi connectivity index (χ4v) is 3.40. The predicted octanol–water partition coefficient (Wildman–Crippen LogP) is 0.576. The van der Waals surface area contributed by atoms with Gasteiger partial charge in [0.2, 0.25) is 10.0 Å². The van der Waals surface area contributed by atoms with Crippen LogP contribution in [-0.2, 0) is 10.0 Å². The Bertz CT molecular complexity index is 402. The molecule has 0 spiro atoms. The minimum atomic E-state index is -3.27. The smallest absolute Gasteiger partial charge is 0.296 e. The van der Waals surface area contributed by atoms with E-state index in [1.165, 1.54) is 22.1 Å². The summed E-state index contributed by atoms with van der Waals surface area (Å²) < 4.78 is 25.7. The van der Waals surface area contributed by atoms with Crippen LogP contribution >= 0.6 is 12.9 Å². The van der Waals surface area contributed by atoms with Crippen molar-refractivity contribution in [3.8, 4) is 0 Å². The van der Waals surface area contributed by atoms with Gasteiger partial charge in [0.05, 0.1) is 4.90 Å². The van der Waals surface area contributed by atoms with Gasteiger partial charge in [-0.3, -0.25) is 12.9 Å². The Morgan fingerprint density at radius 2 is 1.71 bits per heavy atom. The molecule has 0 amide bonds. The maximum atomic E-state index is 11.7. The quantitative estimate of drug-likeness (QED) is 0.763. The van der Waals surface area contributed by atoms with Crippen LogP contribution < -0.4 is 3.69 Å². The van der Waals surface area contributed by atoms with Crippen molar-refractivity contribution in [2.24, 2.45) is 0 Å². The Kier molecular flexibility index (Phi) is 4.39. The van der Waals surface area contributed by atoms with Crippen LogP contribution in [0.3, 0.4) is 0 Å². The minimum Gasteiger partial charge on any atom is -0.296 e. The average molecular weight is 288 g/mol. The van der Waals surface area contributed by atoms with Gasteiger partial charge in [-0.15, -0.1) is 0 Å². The average Bonchev–Trinajstić information content (AvgIpc) is 2.17. The van der Waals surface area contributed by atoms with Crippen LogP contribution in [0.1, 0.15) is 0 Å². The van der Waals surface area contributed by atoms with E-state index in [0.717, 1.165) is 0 Å². The molecule has 14 heavy (non-hydrogen) atoms. The summed E-state index contributed by atoms with van der Waals surface area (Å²) in [6.07, 6.45) is 0. The van der Waals surface area contributed by atoms with Crippen molar-refractivity contribution in [2.45, 2.75) is 4.90 Å². The largest absolute Gasteiger partial charge is 0.506 e. The molecule has 1 rings (SSSR count). The lowest BCUT2D eigenvalue weighted by atomic mass is 10.4. The summed E-state index contributed by atoms with van der Waals surface area (Å²) in [5, 5.41) is 0. The van der Waals surface area contributed by atoms with Crippen molar-refractivity contribution in [1.29, 1.82) is 0 Å². The third-order valence-electron chi connectivity index (χ3n) is 1.86. The second-order valence-corrected chi connectivity index (χ2v) is 7.98. The Morgan fingerprint density at radius 3 is 2.07 bits per heavy atom. The van der Waals surface area contributed by atoms with E-state index in [1.54, 1.807) is 12.1 Å². The fraction of sp³-hybridized carbons (Fsp3) is 0.250. The van der Waals surface area contributed by atoms with Crippen LogP contribution in [0, 0.1) is 0 Å². The van der Waals surface area contributed by atoms with E-state index in [-0.39, 0.29) is 18.2 Å². The molecule has 0 bridgehead atoms. The molecule has 74 valence electrons. The Labute approximate surface area is 100 Å². The van der Waals surface area contributed by atoms with E-state index >= 15 is 0 Å². The van der Waals surface area contributed by atoms with Crippen LogP contribution in [-0.4, -0.2) is 45.0 Å². The van der Waals surface area contributed by atoms with E-state index in [0.29, 0.717) is 4.90 Å². The lowest BCUT2D eigenvalue weighted by molar-refractivity contribution is 0.521. The molecule has 0 heterocycles. The van der Waals surface area contributed by atoms with Gasteiger partial charge in [-0.25, -0.2) is 12.7 Å². The van der Waals surface area contributed by atoms with Gasteiger partial charge in [0.15, 0.2) is 0 Å². The monoisotopic (exact) mass is 287 g/mol. The molecule has 0 aliphatic carbocycles. The Balaban J connectivity index is 3.10. The summed E-state index contributed by atoms with van der Waals surface area (Å²) in [6.45, 7) is 0. The van der Waals surface area contributed by atoms with Crippen LogP contribution in [0.15, 0.2) is 29.2 Å². The highest BCUT2D eigenvalue weighted by Gasteiger charge is 2.16. The maximum absolute atomic E-state index is 11.7. The molecule has 0 aliphatic rings. The summed E-state index contributed by atoms with van der Waals surface area (Å²) in [6, 6.07) is 7.02. The zero-order valence-corrected chi connectivity index (χ0v) is 11.9. The van der Waals surface area contributed by atoms with Gasteiger partial charge in [-0.2, -0.15) is 3.69 Å². The number of benzene rings is 1. The van der Waals surface area contributed by atoms with E-state index < -0.39 is 10.0 Å². The summed E-state index contributed by atoms with van der Waals surface area (Å²) >= 11 is 3.06. The van der Waals surface area contributed by atoms with Crippen LogP contribution in [0.4, 0.5) is 0 Å². The van der Waals surface area contributed by atoms with Crippen LogP contribution in [0.25, 0.3) is 0 Å². The van der Waals surface area contributed by atoms with Crippen molar-refractivity contribution in [3.05, 3.63) is 24.3 Å². The summed E-state index contributed by atoms with van der Waals surface area (Å²) in [7, 11) is -0.208. The molecule has 1 aromatic carbocycles. The number of hydrogen-bond donors (Lipinski definition) is 0. The third-order valence-corrected chi connectivity index (χ3v) is 6.41. The van der Waals surface area contributed by atoms with Gasteiger partial charge in [0, 0.05) is 14.1 Å². The molecule has 3 nitrogen and oxygen atoms in total. The lowest BCUT2D eigenvalue weighted by Gasteiger charge is -2.11. The van der Waals surface area contributed by atoms with Crippen LogP contribution in [0.2, 0.25) is 0 Å².